The molecule has 4 heteroatoms. The van der Waals surface area contributed by atoms with Gasteiger partial charge in [-0.25, -0.2) is 0 Å². The van der Waals surface area contributed by atoms with Gasteiger partial charge in [-0.2, -0.15) is 0 Å². The van der Waals surface area contributed by atoms with Gasteiger partial charge in [-0.3, -0.25) is 9.59 Å². The van der Waals surface area contributed by atoms with E-state index in [0.29, 0.717) is 5.56 Å². The molecular weight excluding hydrogens is 194 g/mol. The maximum absolute atomic E-state index is 11.5. The zero-order chi connectivity index (χ0) is 11.3. The molecule has 1 aromatic rings. The lowest BCUT2D eigenvalue weighted by Gasteiger charge is -2.12. The van der Waals surface area contributed by atoms with Crippen molar-refractivity contribution in [3.05, 3.63) is 35.9 Å². The Morgan fingerprint density at radius 1 is 1.27 bits per heavy atom. The number of rotatable bonds is 3. The second-order valence-electron chi connectivity index (χ2n) is 2.98. The van der Waals surface area contributed by atoms with E-state index in [9.17, 15) is 9.59 Å². The second-order valence-corrected chi connectivity index (χ2v) is 2.98. The Morgan fingerprint density at radius 2 is 1.87 bits per heavy atom. The molecule has 15 heavy (non-hydrogen) atoms. The molecule has 1 N–H and O–H groups in total. The summed E-state index contributed by atoms with van der Waals surface area (Å²) in [6.45, 7) is 0. The predicted molar refractivity (Wildman–Crippen MR) is 55.3 cm³/mol. The largest absolute Gasteiger partial charge is 0.468 e. The summed E-state index contributed by atoms with van der Waals surface area (Å²) < 4.78 is 4.59. The third-order valence-corrected chi connectivity index (χ3v) is 2.08. The average molecular weight is 207 g/mol. The molecule has 0 spiro atoms. The maximum atomic E-state index is 11.5. The van der Waals surface area contributed by atoms with Crippen LogP contribution in [0.1, 0.15) is 11.5 Å². The molecule has 1 amide bonds. The summed E-state index contributed by atoms with van der Waals surface area (Å²) in [5, 5.41) is 2.44. The number of benzene rings is 1. The van der Waals surface area contributed by atoms with E-state index in [0.717, 1.165) is 0 Å². The van der Waals surface area contributed by atoms with Crippen LogP contribution in [0, 0.1) is 0 Å². The Kier molecular flexibility index (Phi) is 3.85. The van der Waals surface area contributed by atoms with Crippen LogP contribution in [-0.4, -0.2) is 26.0 Å². The topological polar surface area (TPSA) is 55.4 Å². The molecule has 4 nitrogen and oxygen atoms in total. The number of ether oxygens (including phenoxy) is 1. The molecule has 0 aromatic heterocycles. The Morgan fingerprint density at radius 3 is 2.33 bits per heavy atom. The van der Waals surface area contributed by atoms with Crippen molar-refractivity contribution in [2.24, 2.45) is 0 Å². The van der Waals surface area contributed by atoms with Crippen LogP contribution in [-0.2, 0) is 14.3 Å². The molecule has 0 aliphatic rings. The highest BCUT2D eigenvalue weighted by molar-refractivity contribution is 6.03. The summed E-state index contributed by atoms with van der Waals surface area (Å²) in [4.78, 5) is 22.9. The Labute approximate surface area is 88.2 Å². The van der Waals surface area contributed by atoms with Gasteiger partial charge in [0, 0.05) is 7.05 Å². The van der Waals surface area contributed by atoms with Gasteiger partial charge in [0.2, 0.25) is 5.91 Å². The number of methoxy groups -OCH3 is 1. The van der Waals surface area contributed by atoms with E-state index in [1.807, 2.05) is 6.07 Å². The van der Waals surface area contributed by atoms with Crippen LogP contribution in [0.15, 0.2) is 30.3 Å². The van der Waals surface area contributed by atoms with Crippen LogP contribution >= 0.6 is 0 Å². The molecule has 0 fully saturated rings. The van der Waals surface area contributed by atoms with E-state index >= 15 is 0 Å². The molecule has 0 saturated carbocycles. The van der Waals surface area contributed by atoms with Crippen molar-refractivity contribution in [2.75, 3.05) is 14.2 Å². The third-order valence-electron chi connectivity index (χ3n) is 2.08. The molecule has 1 rings (SSSR count). The highest BCUT2D eigenvalue weighted by Crippen LogP contribution is 2.16. The number of likely N-dealkylation sites (N-methyl/N-ethyl adjacent to an activating group) is 1. The lowest BCUT2D eigenvalue weighted by molar-refractivity contribution is -0.146. The van der Waals surface area contributed by atoms with Crippen molar-refractivity contribution >= 4 is 11.9 Å². The fraction of sp³-hybridized carbons (Fsp3) is 0.273. The molecule has 0 saturated heterocycles. The first kappa shape index (κ1) is 11.2. The third kappa shape index (κ3) is 2.56. The first-order chi connectivity index (χ1) is 7.20. The first-order valence-corrected chi connectivity index (χ1v) is 4.55. The molecular formula is C11H13NO3. The average Bonchev–Trinajstić information content (AvgIpc) is 2.30. The molecule has 0 aliphatic heterocycles. The van der Waals surface area contributed by atoms with Crippen molar-refractivity contribution in [3.63, 3.8) is 0 Å². The summed E-state index contributed by atoms with van der Waals surface area (Å²) >= 11 is 0. The maximum Gasteiger partial charge on any atom is 0.322 e. The number of hydrogen-bond acceptors (Lipinski definition) is 3. The lowest BCUT2D eigenvalue weighted by atomic mass is 9.98. The first-order valence-electron chi connectivity index (χ1n) is 4.55. The van der Waals surface area contributed by atoms with Gasteiger partial charge in [-0.1, -0.05) is 30.3 Å². The van der Waals surface area contributed by atoms with Crippen LogP contribution in [0.3, 0.4) is 0 Å². The van der Waals surface area contributed by atoms with Crippen molar-refractivity contribution < 1.29 is 14.3 Å². The van der Waals surface area contributed by atoms with Gasteiger partial charge in [-0.15, -0.1) is 0 Å². The fourth-order valence-corrected chi connectivity index (χ4v) is 1.30. The molecule has 0 radical (unpaired) electrons. The molecule has 1 aromatic carbocycles. The minimum Gasteiger partial charge on any atom is -0.468 e. The minimum absolute atomic E-state index is 0.368. The van der Waals surface area contributed by atoms with Gasteiger partial charge in [0.15, 0.2) is 5.92 Å². The zero-order valence-electron chi connectivity index (χ0n) is 8.69. The molecule has 0 unspecified atom stereocenters. The van der Waals surface area contributed by atoms with Gasteiger partial charge >= 0.3 is 5.97 Å². The Balaban J connectivity index is 3.02. The van der Waals surface area contributed by atoms with Gasteiger partial charge < -0.3 is 10.1 Å². The van der Waals surface area contributed by atoms with Crippen molar-refractivity contribution in [2.45, 2.75) is 5.92 Å². The zero-order valence-corrected chi connectivity index (χ0v) is 8.69. The summed E-state index contributed by atoms with van der Waals surface area (Å²) in [5.41, 5.74) is 0.628. The van der Waals surface area contributed by atoms with Crippen LogP contribution < -0.4 is 5.32 Å². The van der Waals surface area contributed by atoms with E-state index in [1.165, 1.54) is 14.2 Å². The normalized spacial score (nSPS) is 11.6. The van der Waals surface area contributed by atoms with Crippen LogP contribution in [0.25, 0.3) is 0 Å². The number of amides is 1. The van der Waals surface area contributed by atoms with Crippen LogP contribution in [0.5, 0.6) is 0 Å². The number of esters is 1. The summed E-state index contributed by atoms with van der Waals surface area (Å²) in [5.74, 6) is -1.81. The number of carbonyl (C=O) groups is 2. The van der Waals surface area contributed by atoms with Gasteiger partial charge in [0.25, 0.3) is 0 Å². The predicted octanol–water partition coefficient (Wildman–Crippen LogP) is 0.689. The van der Waals surface area contributed by atoms with E-state index in [-0.39, 0.29) is 5.91 Å². The monoisotopic (exact) mass is 207 g/mol. The molecule has 80 valence electrons. The molecule has 0 heterocycles. The number of carbonyl (C=O) groups excluding carboxylic acids is 2. The Bertz CT molecular complexity index is 332. The van der Waals surface area contributed by atoms with Crippen molar-refractivity contribution in [1.82, 2.24) is 5.32 Å². The van der Waals surface area contributed by atoms with E-state index in [1.54, 1.807) is 24.3 Å². The Hall–Kier alpha value is -1.84. The van der Waals surface area contributed by atoms with Gasteiger partial charge in [0.05, 0.1) is 7.11 Å². The van der Waals surface area contributed by atoms with E-state index in [2.05, 4.69) is 10.1 Å². The number of hydrogen-bond donors (Lipinski definition) is 1. The lowest BCUT2D eigenvalue weighted by Crippen LogP contribution is -2.31. The molecule has 1 atom stereocenters. The fourth-order valence-electron chi connectivity index (χ4n) is 1.30. The SMILES string of the molecule is CNC(=O)[C@H](C(=O)OC)c1ccccc1. The van der Waals surface area contributed by atoms with Crippen LogP contribution in [0.4, 0.5) is 0 Å². The highest BCUT2D eigenvalue weighted by Gasteiger charge is 2.28. The summed E-state index contributed by atoms with van der Waals surface area (Å²) in [6, 6.07) is 8.80. The minimum atomic E-state index is -0.888. The van der Waals surface area contributed by atoms with E-state index in [4.69, 9.17) is 0 Å². The quantitative estimate of drug-likeness (QED) is 0.586. The molecule has 0 aliphatic carbocycles. The van der Waals surface area contributed by atoms with Gasteiger partial charge in [-0.05, 0) is 5.56 Å². The second kappa shape index (κ2) is 5.14. The van der Waals surface area contributed by atoms with Crippen molar-refractivity contribution in [3.8, 4) is 0 Å². The van der Waals surface area contributed by atoms with Gasteiger partial charge in [0.1, 0.15) is 0 Å². The highest BCUT2D eigenvalue weighted by atomic mass is 16.5. The number of nitrogens with one attached hydrogen (secondary N) is 1. The molecule has 0 bridgehead atoms. The van der Waals surface area contributed by atoms with Crippen LogP contribution in [0.2, 0.25) is 0 Å². The van der Waals surface area contributed by atoms with E-state index < -0.39 is 11.9 Å². The van der Waals surface area contributed by atoms with Crippen molar-refractivity contribution in [1.29, 1.82) is 0 Å². The standard InChI is InChI=1S/C11H13NO3/c1-12-10(13)9(11(14)15-2)8-6-4-3-5-7-8/h3-7,9H,1-2H3,(H,12,13)/t9-/m1/s1. The summed E-state index contributed by atoms with van der Waals surface area (Å²) in [6.07, 6.45) is 0. The smallest absolute Gasteiger partial charge is 0.322 e. The summed E-state index contributed by atoms with van der Waals surface area (Å²) in [7, 11) is 2.75.